The van der Waals surface area contributed by atoms with Crippen LogP contribution in [-0.4, -0.2) is 83.1 Å². The quantitative estimate of drug-likeness (QED) is 0.428. The minimum Gasteiger partial charge on any atom is -0.394 e. The number of rotatable bonds is 5. The number of hydrogen-bond acceptors (Lipinski definition) is 9. The number of nitrogens with zero attached hydrogens (tertiary/aromatic N) is 4. The molecule has 5 N–H and O–H groups in total. The summed E-state index contributed by atoms with van der Waals surface area (Å²) in [6.07, 6.45) is 2.05. The van der Waals surface area contributed by atoms with Crippen molar-refractivity contribution >= 4 is 17.0 Å². The molecule has 2 saturated carbocycles. The van der Waals surface area contributed by atoms with Crippen molar-refractivity contribution < 1.29 is 25.2 Å². The smallest absolute Gasteiger partial charge is 0.165 e. The van der Waals surface area contributed by atoms with Crippen LogP contribution in [0.3, 0.4) is 0 Å². The van der Waals surface area contributed by atoms with E-state index in [1.165, 1.54) is 6.33 Å². The molecule has 1 aliphatic heterocycles. The van der Waals surface area contributed by atoms with Gasteiger partial charge in [0.05, 0.1) is 25.6 Å². The average Bonchev–Trinajstić information content (AvgIpc) is 3.43. The SMILES string of the molecule is OCC1OC(Cn2cnc3c(NC4CC5CC4CC5O)ncnc32)C(O)C1O. The molecule has 2 aromatic heterocycles. The molecule has 10 nitrogen and oxygen atoms in total. The van der Waals surface area contributed by atoms with Crippen LogP contribution in [-0.2, 0) is 11.3 Å². The van der Waals surface area contributed by atoms with Gasteiger partial charge in [0, 0.05) is 6.04 Å². The second-order valence-corrected chi connectivity index (χ2v) is 8.21. The fourth-order valence-corrected chi connectivity index (χ4v) is 5.04. The first kappa shape index (κ1) is 18.2. The molecule has 0 spiro atoms. The van der Waals surface area contributed by atoms with Crippen LogP contribution in [0.2, 0.25) is 0 Å². The van der Waals surface area contributed by atoms with Crippen molar-refractivity contribution in [2.24, 2.45) is 11.8 Å². The highest BCUT2D eigenvalue weighted by Gasteiger charge is 2.45. The summed E-state index contributed by atoms with van der Waals surface area (Å²) in [6, 6.07) is 0.275. The molecule has 2 aromatic rings. The topological polar surface area (TPSA) is 146 Å². The second-order valence-electron chi connectivity index (χ2n) is 8.21. The molecule has 0 aromatic carbocycles. The van der Waals surface area contributed by atoms with E-state index >= 15 is 0 Å². The van der Waals surface area contributed by atoms with Crippen LogP contribution in [0.25, 0.3) is 11.2 Å². The Morgan fingerprint density at radius 2 is 1.86 bits per heavy atom. The molecule has 3 aliphatic rings. The summed E-state index contributed by atoms with van der Waals surface area (Å²) in [5, 5.41) is 42.8. The highest BCUT2D eigenvalue weighted by molar-refractivity contribution is 5.82. The Morgan fingerprint density at radius 1 is 1.04 bits per heavy atom. The highest BCUT2D eigenvalue weighted by Crippen LogP contribution is 2.45. The van der Waals surface area contributed by atoms with Crippen LogP contribution in [0, 0.1) is 11.8 Å². The van der Waals surface area contributed by atoms with Crippen LogP contribution in [0.15, 0.2) is 12.7 Å². The normalized spacial score (nSPS) is 39.9. The molecule has 10 heteroatoms. The van der Waals surface area contributed by atoms with E-state index in [4.69, 9.17) is 4.74 Å². The first-order valence-electron chi connectivity index (χ1n) is 9.78. The summed E-state index contributed by atoms with van der Waals surface area (Å²) < 4.78 is 7.31. The zero-order valence-corrected chi connectivity index (χ0v) is 15.3. The van der Waals surface area contributed by atoms with Gasteiger partial charge >= 0.3 is 0 Å². The lowest BCUT2D eigenvalue weighted by Gasteiger charge is -2.26. The van der Waals surface area contributed by atoms with Gasteiger partial charge in [0.2, 0.25) is 0 Å². The molecule has 2 bridgehead atoms. The number of ether oxygens (including phenoxy) is 1. The van der Waals surface area contributed by atoms with Crippen LogP contribution in [0.1, 0.15) is 19.3 Å². The third-order valence-electron chi connectivity index (χ3n) is 6.56. The standard InChI is InChI=1S/C18H25N5O5/c24-5-13-16(27)15(26)12(28-13)4-23-7-21-14-17(19-6-20-18(14)23)22-10-2-9-1-8(10)3-11(9)25/h6-13,15-16,24-27H,1-5H2,(H,19,20,22). The molecule has 1 saturated heterocycles. The van der Waals surface area contributed by atoms with Gasteiger partial charge < -0.3 is 35.0 Å². The third kappa shape index (κ3) is 2.87. The van der Waals surface area contributed by atoms with Crippen molar-refractivity contribution in [3.63, 3.8) is 0 Å². The highest BCUT2D eigenvalue weighted by atomic mass is 16.6. The summed E-state index contributed by atoms with van der Waals surface area (Å²) in [4.78, 5) is 13.1. The Balaban J connectivity index is 1.35. The number of hydrogen-bond donors (Lipinski definition) is 5. The van der Waals surface area contributed by atoms with E-state index in [2.05, 4.69) is 20.3 Å². The van der Waals surface area contributed by atoms with Crippen molar-refractivity contribution in [3.05, 3.63) is 12.7 Å². The molecule has 0 radical (unpaired) electrons. The van der Waals surface area contributed by atoms with E-state index in [1.54, 1.807) is 10.9 Å². The van der Waals surface area contributed by atoms with Gasteiger partial charge in [-0.15, -0.1) is 0 Å². The number of imidazole rings is 1. The van der Waals surface area contributed by atoms with Gasteiger partial charge in [0.25, 0.3) is 0 Å². The number of fused-ring (bicyclic) bond motifs is 3. The van der Waals surface area contributed by atoms with Gasteiger partial charge in [-0.1, -0.05) is 0 Å². The number of aliphatic hydroxyl groups excluding tert-OH is 4. The van der Waals surface area contributed by atoms with Crippen molar-refractivity contribution in [1.82, 2.24) is 19.5 Å². The molecular weight excluding hydrogens is 366 g/mol. The average molecular weight is 391 g/mol. The van der Waals surface area contributed by atoms with E-state index < -0.39 is 24.4 Å². The van der Waals surface area contributed by atoms with Crippen LogP contribution >= 0.6 is 0 Å². The van der Waals surface area contributed by atoms with E-state index in [9.17, 15) is 20.4 Å². The maximum atomic E-state index is 10.2. The maximum absolute atomic E-state index is 10.2. The second kappa shape index (κ2) is 6.89. The summed E-state index contributed by atoms with van der Waals surface area (Å²) in [5.74, 6) is 1.48. The number of nitrogens with one attached hydrogen (secondary N) is 1. The predicted molar refractivity (Wildman–Crippen MR) is 97.3 cm³/mol. The molecule has 0 amide bonds. The Morgan fingerprint density at radius 3 is 2.54 bits per heavy atom. The molecular formula is C18H25N5O5. The van der Waals surface area contributed by atoms with Crippen molar-refractivity contribution in [3.8, 4) is 0 Å². The lowest BCUT2D eigenvalue weighted by Crippen LogP contribution is -2.35. The van der Waals surface area contributed by atoms with Crippen molar-refractivity contribution in [2.45, 2.75) is 62.4 Å². The molecule has 28 heavy (non-hydrogen) atoms. The summed E-state index contributed by atoms with van der Waals surface area (Å²) in [5.41, 5.74) is 1.25. The van der Waals surface area contributed by atoms with Gasteiger partial charge in [-0.2, -0.15) is 0 Å². The molecule has 3 heterocycles. The molecule has 3 fully saturated rings. The summed E-state index contributed by atoms with van der Waals surface area (Å²) in [7, 11) is 0. The molecule has 152 valence electrons. The minimum absolute atomic E-state index is 0.177. The Bertz CT molecular complexity index is 860. The number of aromatic nitrogens is 4. The maximum Gasteiger partial charge on any atom is 0.165 e. The molecule has 8 unspecified atom stereocenters. The van der Waals surface area contributed by atoms with Gasteiger partial charge in [0.15, 0.2) is 11.5 Å². The van der Waals surface area contributed by atoms with E-state index in [0.29, 0.717) is 28.8 Å². The van der Waals surface area contributed by atoms with Crippen molar-refractivity contribution in [1.29, 1.82) is 0 Å². The fraction of sp³-hybridized carbons (Fsp3) is 0.722. The Hall–Kier alpha value is -1.85. The van der Waals surface area contributed by atoms with E-state index in [0.717, 1.165) is 19.3 Å². The number of anilines is 1. The fourth-order valence-electron chi connectivity index (χ4n) is 5.04. The number of aliphatic hydroxyl groups is 4. The Kier molecular flexibility index (Phi) is 4.48. The predicted octanol–water partition coefficient (Wildman–Crippen LogP) is -1.12. The molecule has 5 rings (SSSR count). The summed E-state index contributed by atoms with van der Waals surface area (Å²) >= 11 is 0. The molecule has 2 aliphatic carbocycles. The minimum atomic E-state index is -1.12. The monoisotopic (exact) mass is 391 g/mol. The van der Waals surface area contributed by atoms with Crippen LogP contribution in [0.4, 0.5) is 5.82 Å². The van der Waals surface area contributed by atoms with Gasteiger partial charge in [0.1, 0.15) is 36.3 Å². The first-order chi connectivity index (χ1) is 13.5. The lowest BCUT2D eigenvalue weighted by molar-refractivity contribution is -0.0262. The van der Waals surface area contributed by atoms with Gasteiger partial charge in [-0.05, 0) is 31.1 Å². The zero-order valence-electron chi connectivity index (χ0n) is 15.3. The lowest BCUT2D eigenvalue weighted by atomic mass is 9.93. The van der Waals surface area contributed by atoms with Crippen LogP contribution in [0.5, 0.6) is 0 Å². The first-order valence-corrected chi connectivity index (χ1v) is 9.78. The largest absolute Gasteiger partial charge is 0.394 e. The van der Waals surface area contributed by atoms with Crippen molar-refractivity contribution in [2.75, 3.05) is 11.9 Å². The Labute approximate surface area is 161 Å². The van der Waals surface area contributed by atoms with Gasteiger partial charge in [-0.3, -0.25) is 0 Å². The third-order valence-corrected chi connectivity index (χ3v) is 6.56. The van der Waals surface area contributed by atoms with Gasteiger partial charge in [-0.25, -0.2) is 15.0 Å². The van der Waals surface area contributed by atoms with E-state index in [-0.39, 0.29) is 25.3 Å². The van der Waals surface area contributed by atoms with E-state index in [1.807, 2.05) is 0 Å². The summed E-state index contributed by atoms with van der Waals surface area (Å²) in [6.45, 7) is -0.101. The molecule has 8 atom stereocenters. The zero-order chi connectivity index (χ0) is 19.4. The van der Waals surface area contributed by atoms with Crippen LogP contribution < -0.4 is 5.32 Å².